The Morgan fingerprint density at radius 1 is 1.41 bits per heavy atom. The van der Waals surface area contributed by atoms with E-state index in [2.05, 4.69) is 0 Å². The topological polar surface area (TPSA) is 68.5 Å². The first kappa shape index (κ1) is 11.3. The van der Waals surface area contributed by atoms with Crippen molar-refractivity contribution in [1.29, 1.82) is 5.26 Å². The maximum absolute atomic E-state index is 11.6. The van der Waals surface area contributed by atoms with E-state index in [0.29, 0.717) is 30.3 Å². The zero-order valence-electron chi connectivity index (χ0n) is 9.30. The molecule has 0 amide bonds. The Labute approximate surface area is 98.5 Å². The molecule has 0 N–H and O–H groups in total. The maximum Gasteiger partial charge on any atom is 0.339 e. The largest absolute Gasteiger partial charge is 0.486 e. The normalized spacial score (nSPS) is 14.6. The molecule has 1 aromatic rings. The number of nitriles is 1. The third-order valence-corrected chi connectivity index (χ3v) is 2.24. The van der Waals surface area contributed by atoms with E-state index in [1.807, 2.05) is 6.07 Å². The predicted molar refractivity (Wildman–Crippen MR) is 57.9 cm³/mol. The molecule has 1 aromatic carbocycles. The Morgan fingerprint density at radius 3 is 2.82 bits per heavy atom. The first-order valence-corrected chi connectivity index (χ1v) is 5.21. The van der Waals surface area contributed by atoms with Gasteiger partial charge < -0.3 is 14.2 Å². The van der Waals surface area contributed by atoms with E-state index < -0.39 is 12.1 Å². The van der Waals surface area contributed by atoms with Gasteiger partial charge in [-0.1, -0.05) is 0 Å². The van der Waals surface area contributed by atoms with Crippen molar-refractivity contribution >= 4 is 5.97 Å². The SMILES string of the molecule is C[C@H](C#N)OC(=O)c1ccc2c(c1)OCCO2. The molecule has 0 bridgehead atoms. The highest BCUT2D eigenvalue weighted by Crippen LogP contribution is 2.30. The van der Waals surface area contributed by atoms with Gasteiger partial charge in [0.1, 0.15) is 19.3 Å². The number of hydrogen-bond donors (Lipinski definition) is 0. The van der Waals surface area contributed by atoms with E-state index in [-0.39, 0.29) is 0 Å². The number of esters is 1. The summed E-state index contributed by atoms with van der Waals surface area (Å²) in [5, 5.41) is 8.55. The van der Waals surface area contributed by atoms with Crippen LogP contribution in [0.4, 0.5) is 0 Å². The van der Waals surface area contributed by atoms with Gasteiger partial charge in [0, 0.05) is 0 Å². The van der Waals surface area contributed by atoms with E-state index >= 15 is 0 Å². The third-order valence-electron chi connectivity index (χ3n) is 2.24. The zero-order chi connectivity index (χ0) is 12.3. The molecule has 17 heavy (non-hydrogen) atoms. The summed E-state index contributed by atoms with van der Waals surface area (Å²) in [7, 11) is 0. The van der Waals surface area contributed by atoms with Gasteiger partial charge in [-0.25, -0.2) is 4.79 Å². The first-order valence-electron chi connectivity index (χ1n) is 5.21. The molecule has 1 atom stereocenters. The number of hydrogen-bond acceptors (Lipinski definition) is 5. The number of benzene rings is 1. The van der Waals surface area contributed by atoms with Gasteiger partial charge in [-0.3, -0.25) is 0 Å². The molecule has 0 unspecified atom stereocenters. The zero-order valence-corrected chi connectivity index (χ0v) is 9.30. The quantitative estimate of drug-likeness (QED) is 0.724. The van der Waals surface area contributed by atoms with Crippen LogP contribution in [0.3, 0.4) is 0 Å². The molecule has 0 saturated carbocycles. The average Bonchev–Trinajstić information content (AvgIpc) is 2.38. The molecular weight excluding hydrogens is 222 g/mol. The molecule has 1 aliphatic rings. The van der Waals surface area contributed by atoms with Gasteiger partial charge in [0.2, 0.25) is 0 Å². The molecule has 5 heteroatoms. The van der Waals surface area contributed by atoms with Crippen LogP contribution in [-0.2, 0) is 4.74 Å². The second kappa shape index (κ2) is 4.74. The lowest BCUT2D eigenvalue weighted by molar-refractivity contribution is 0.0434. The van der Waals surface area contributed by atoms with Gasteiger partial charge in [-0.05, 0) is 25.1 Å². The van der Waals surface area contributed by atoms with Crippen LogP contribution >= 0.6 is 0 Å². The summed E-state index contributed by atoms with van der Waals surface area (Å²) in [4.78, 5) is 11.6. The third kappa shape index (κ3) is 2.48. The Balaban J connectivity index is 2.17. The van der Waals surface area contributed by atoms with Crippen LogP contribution in [-0.4, -0.2) is 25.3 Å². The van der Waals surface area contributed by atoms with Crippen molar-refractivity contribution in [2.24, 2.45) is 0 Å². The number of fused-ring (bicyclic) bond motifs is 1. The molecule has 0 spiro atoms. The molecule has 1 heterocycles. The van der Waals surface area contributed by atoms with Gasteiger partial charge in [-0.15, -0.1) is 0 Å². The standard InChI is InChI=1S/C12H11NO4/c1-8(7-13)17-12(14)9-2-3-10-11(6-9)16-5-4-15-10/h2-3,6,8H,4-5H2,1H3/t8-/m1/s1. The van der Waals surface area contributed by atoms with Crippen molar-refractivity contribution in [2.45, 2.75) is 13.0 Å². The smallest absolute Gasteiger partial charge is 0.339 e. The molecule has 0 saturated heterocycles. The van der Waals surface area contributed by atoms with Crippen LogP contribution in [0.15, 0.2) is 18.2 Å². The minimum Gasteiger partial charge on any atom is -0.486 e. The molecule has 0 aliphatic carbocycles. The monoisotopic (exact) mass is 233 g/mol. The summed E-state index contributed by atoms with van der Waals surface area (Å²) in [6, 6.07) is 6.62. The molecule has 0 aromatic heterocycles. The number of rotatable bonds is 2. The maximum atomic E-state index is 11.6. The minimum absolute atomic E-state index is 0.344. The van der Waals surface area contributed by atoms with E-state index in [0.717, 1.165) is 0 Å². The highest BCUT2D eigenvalue weighted by atomic mass is 16.6. The lowest BCUT2D eigenvalue weighted by atomic mass is 10.2. The van der Waals surface area contributed by atoms with E-state index in [1.165, 1.54) is 6.92 Å². The molecule has 88 valence electrons. The lowest BCUT2D eigenvalue weighted by Gasteiger charge is -2.18. The van der Waals surface area contributed by atoms with Gasteiger partial charge in [0.15, 0.2) is 17.6 Å². The number of ether oxygens (including phenoxy) is 3. The fourth-order valence-corrected chi connectivity index (χ4v) is 1.43. The Bertz CT molecular complexity index is 478. The highest BCUT2D eigenvalue weighted by Gasteiger charge is 2.17. The summed E-state index contributed by atoms with van der Waals surface area (Å²) in [5.41, 5.74) is 0.344. The Morgan fingerprint density at radius 2 is 2.12 bits per heavy atom. The van der Waals surface area contributed by atoms with E-state index in [4.69, 9.17) is 19.5 Å². The van der Waals surface area contributed by atoms with Gasteiger partial charge >= 0.3 is 5.97 Å². The fraction of sp³-hybridized carbons (Fsp3) is 0.333. The van der Waals surface area contributed by atoms with Crippen molar-refractivity contribution in [3.8, 4) is 17.6 Å². The second-order valence-corrected chi connectivity index (χ2v) is 3.54. The second-order valence-electron chi connectivity index (χ2n) is 3.54. The van der Waals surface area contributed by atoms with Crippen molar-refractivity contribution in [3.63, 3.8) is 0 Å². The molecule has 2 rings (SSSR count). The predicted octanol–water partition coefficient (Wildman–Crippen LogP) is 1.53. The van der Waals surface area contributed by atoms with E-state index in [9.17, 15) is 4.79 Å². The lowest BCUT2D eigenvalue weighted by Crippen LogP contribution is -2.17. The molecule has 0 radical (unpaired) electrons. The summed E-state index contributed by atoms with van der Waals surface area (Å²) < 4.78 is 15.6. The first-order chi connectivity index (χ1) is 8.20. The Kier molecular flexibility index (Phi) is 3.15. The van der Waals surface area contributed by atoms with Crippen LogP contribution in [0.25, 0.3) is 0 Å². The number of nitrogens with zero attached hydrogens (tertiary/aromatic N) is 1. The van der Waals surface area contributed by atoms with E-state index in [1.54, 1.807) is 18.2 Å². The molecule has 1 aliphatic heterocycles. The van der Waals surface area contributed by atoms with Crippen LogP contribution in [0.5, 0.6) is 11.5 Å². The van der Waals surface area contributed by atoms with Crippen LogP contribution < -0.4 is 9.47 Å². The molecular formula is C12H11NO4. The van der Waals surface area contributed by atoms with Gasteiger partial charge in [0.05, 0.1) is 5.56 Å². The summed E-state index contributed by atoms with van der Waals surface area (Å²) >= 11 is 0. The highest BCUT2D eigenvalue weighted by molar-refractivity contribution is 5.90. The van der Waals surface area contributed by atoms with Gasteiger partial charge in [-0.2, -0.15) is 5.26 Å². The van der Waals surface area contributed by atoms with Crippen LogP contribution in [0.1, 0.15) is 17.3 Å². The van der Waals surface area contributed by atoms with Crippen molar-refractivity contribution < 1.29 is 19.0 Å². The number of carbonyl (C=O) groups excluding carboxylic acids is 1. The summed E-state index contributed by atoms with van der Waals surface area (Å²) in [5.74, 6) is 0.590. The minimum atomic E-state index is -0.768. The average molecular weight is 233 g/mol. The van der Waals surface area contributed by atoms with Crippen molar-refractivity contribution in [3.05, 3.63) is 23.8 Å². The Hall–Kier alpha value is -2.22. The summed E-state index contributed by atoms with van der Waals surface area (Å²) in [6.45, 7) is 2.47. The molecule has 5 nitrogen and oxygen atoms in total. The fourth-order valence-electron chi connectivity index (χ4n) is 1.43. The number of carbonyl (C=O) groups is 1. The summed E-state index contributed by atoms with van der Waals surface area (Å²) in [6.07, 6.45) is -0.768. The van der Waals surface area contributed by atoms with Crippen LogP contribution in [0.2, 0.25) is 0 Å². The molecule has 0 fully saturated rings. The van der Waals surface area contributed by atoms with Gasteiger partial charge in [0.25, 0.3) is 0 Å². The van der Waals surface area contributed by atoms with Crippen molar-refractivity contribution in [1.82, 2.24) is 0 Å². The van der Waals surface area contributed by atoms with Crippen molar-refractivity contribution in [2.75, 3.05) is 13.2 Å². The van der Waals surface area contributed by atoms with Crippen LogP contribution in [0, 0.1) is 11.3 Å².